The molecule has 5 rings (SSSR count). The number of hydrogen-bond donors (Lipinski definition) is 1. The number of nitrogens with two attached hydrogens (primary N) is 1. The van der Waals surface area contributed by atoms with E-state index in [0.29, 0.717) is 12.1 Å². The number of hydrogen-bond acceptors (Lipinski definition) is 5. The van der Waals surface area contributed by atoms with E-state index in [2.05, 4.69) is 27.8 Å². The maximum atomic E-state index is 14.6. The predicted octanol–water partition coefficient (Wildman–Crippen LogP) is 7.27. The number of carbonyl (C=O) groups excluding carboxylic acids is 1. The lowest BCUT2D eigenvalue weighted by atomic mass is 9.91. The van der Waals surface area contributed by atoms with Crippen molar-refractivity contribution < 1.29 is 13.6 Å². The van der Waals surface area contributed by atoms with Gasteiger partial charge in [-0.05, 0) is 56.1 Å². The zero-order valence-electron chi connectivity index (χ0n) is 23.6. The van der Waals surface area contributed by atoms with Gasteiger partial charge in [-0.2, -0.15) is 0 Å². The Hall–Kier alpha value is -2.84. The maximum absolute atomic E-state index is 14.6. The summed E-state index contributed by atoms with van der Waals surface area (Å²) in [6, 6.07) is 8.60. The van der Waals surface area contributed by atoms with Gasteiger partial charge in [-0.25, -0.2) is 8.78 Å². The van der Waals surface area contributed by atoms with E-state index in [1.54, 1.807) is 18.6 Å². The van der Waals surface area contributed by atoms with Crippen molar-refractivity contribution in [3.63, 3.8) is 0 Å². The minimum atomic E-state index is -0.540. The van der Waals surface area contributed by atoms with E-state index < -0.39 is 22.8 Å². The normalized spacial score (nSPS) is 18.3. The fourth-order valence-electron chi connectivity index (χ4n) is 5.31. The van der Waals surface area contributed by atoms with Gasteiger partial charge in [0.15, 0.2) is 0 Å². The van der Waals surface area contributed by atoms with Crippen LogP contribution in [0.3, 0.4) is 0 Å². The summed E-state index contributed by atoms with van der Waals surface area (Å²) in [7, 11) is 1.50. The van der Waals surface area contributed by atoms with Gasteiger partial charge in [-0.3, -0.25) is 14.8 Å². The van der Waals surface area contributed by atoms with Crippen molar-refractivity contribution in [2.75, 3.05) is 7.05 Å². The minimum absolute atomic E-state index is 0.0336. The van der Waals surface area contributed by atoms with E-state index in [-0.39, 0.29) is 16.8 Å². The standard InChI is InChI=1S/C28H29F2N3OS.C2H6.CH5N/c1-17-8-9-19(24-15-31-12-13-32-24)14-20(17)16-33(21-6-4-3-5-7-21)28(34)26-18(2)25-22(29)10-11-23(30)27(25)35-26;2*1-2/h8-15,18,21,26H,3-7,16H2,1-2H3;1-2H3;2H2,1H3. The molecule has 0 bridgehead atoms. The number of carbonyl (C=O) groups is 1. The van der Waals surface area contributed by atoms with E-state index in [1.165, 1.54) is 25.2 Å². The molecule has 1 aliphatic heterocycles. The summed E-state index contributed by atoms with van der Waals surface area (Å²) in [5.41, 5.74) is 8.72. The van der Waals surface area contributed by atoms with Crippen LogP contribution in [0.2, 0.25) is 0 Å². The van der Waals surface area contributed by atoms with Gasteiger partial charge >= 0.3 is 0 Å². The number of amides is 1. The highest BCUT2D eigenvalue weighted by molar-refractivity contribution is 8.01. The quantitative estimate of drug-likeness (QED) is 0.359. The minimum Gasteiger partial charge on any atom is -0.334 e. The molecule has 8 heteroatoms. The average molecular weight is 555 g/mol. The van der Waals surface area contributed by atoms with Crippen LogP contribution in [-0.2, 0) is 11.3 Å². The molecule has 0 spiro atoms. The van der Waals surface area contributed by atoms with Crippen LogP contribution in [0.15, 0.2) is 53.8 Å². The number of halogens is 2. The fraction of sp³-hybridized carbons (Fsp3) is 0.452. The molecule has 2 atom stereocenters. The van der Waals surface area contributed by atoms with Gasteiger partial charge in [0.1, 0.15) is 11.6 Å². The zero-order valence-corrected chi connectivity index (χ0v) is 24.4. The number of nitrogens with zero attached hydrogens (tertiary/aromatic N) is 3. The Morgan fingerprint density at radius 2 is 1.74 bits per heavy atom. The van der Waals surface area contributed by atoms with Crippen LogP contribution in [0.1, 0.15) is 75.5 Å². The van der Waals surface area contributed by atoms with Crippen molar-refractivity contribution in [3.05, 3.63) is 77.2 Å². The molecule has 0 radical (unpaired) electrons. The molecule has 1 fully saturated rings. The molecule has 5 nitrogen and oxygen atoms in total. The van der Waals surface area contributed by atoms with Crippen LogP contribution in [0.4, 0.5) is 8.78 Å². The molecule has 2 heterocycles. The van der Waals surface area contributed by atoms with Gasteiger partial charge in [0.05, 0.1) is 22.0 Å². The molecule has 39 heavy (non-hydrogen) atoms. The van der Waals surface area contributed by atoms with E-state index in [4.69, 9.17) is 0 Å². The Morgan fingerprint density at radius 3 is 2.38 bits per heavy atom. The van der Waals surface area contributed by atoms with Crippen LogP contribution in [0.25, 0.3) is 11.3 Å². The monoisotopic (exact) mass is 554 g/mol. The Labute approximate surface area is 235 Å². The average Bonchev–Trinajstić information content (AvgIpc) is 3.35. The predicted molar refractivity (Wildman–Crippen MR) is 156 cm³/mol. The van der Waals surface area contributed by atoms with E-state index >= 15 is 0 Å². The first-order valence-corrected chi connectivity index (χ1v) is 14.7. The molecule has 1 aromatic heterocycles. The number of thioether (sulfide) groups is 1. The molecular weight excluding hydrogens is 514 g/mol. The van der Waals surface area contributed by atoms with Crippen molar-refractivity contribution in [1.29, 1.82) is 0 Å². The van der Waals surface area contributed by atoms with Crippen molar-refractivity contribution in [1.82, 2.24) is 14.9 Å². The molecule has 210 valence electrons. The number of rotatable bonds is 5. The van der Waals surface area contributed by atoms with Gasteiger partial charge in [0.2, 0.25) is 5.91 Å². The largest absolute Gasteiger partial charge is 0.334 e. The second-order valence-electron chi connectivity index (χ2n) is 9.59. The first-order chi connectivity index (χ1) is 18.9. The molecule has 0 saturated heterocycles. The van der Waals surface area contributed by atoms with Gasteiger partial charge in [-0.1, -0.05) is 52.2 Å². The number of benzene rings is 2. The smallest absolute Gasteiger partial charge is 0.237 e. The molecule has 1 aliphatic carbocycles. The van der Waals surface area contributed by atoms with Crippen molar-refractivity contribution in [2.45, 2.75) is 88.4 Å². The molecule has 2 N–H and O–H groups in total. The molecular formula is C31H40F2N4OS. The highest BCUT2D eigenvalue weighted by Crippen LogP contribution is 2.48. The summed E-state index contributed by atoms with van der Waals surface area (Å²) >= 11 is 1.18. The first kappa shape index (κ1) is 30.7. The number of aromatic nitrogens is 2. The Kier molecular flexibility index (Phi) is 11.4. The highest BCUT2D eigenvalue weighted by atomic mass is 32.2. The number of fused-ring (bicyclic) bond motifs is 1. The summed E-state index contributed by atoms with van der Waals surface area (Å²) in [6.45, 7) is 8.35. The Bertz CT molecular complexity index is 1230. The molecule has 2 aromatic carbocycles. The van der Waals surface area contributed by atoms with Crippen LogP contribution in [0, 0.1) is 18.6 Å². The van der Waals surface area contributed by atoms with E-state index in [9.17, 15) is 13.6 Å². The molecule has 2 unspecified atom stereocenters. The summed E-state index contributed by atoms with van der Waals surface area (Å²) in [5.74, 6) is -1.32. The van der Waals surface area contributed by atoms with Gasteiger partial charge in [-0.15, -0.1) is 11.8 Å². The SMILES string of the molecule is CC.CN.Cc1ccc(-c2cnccn2)cc1CN(C(=O)C1Sc2c(F)ccc(F)c2C1C)C1CCCCC1. The maximum Gasteiger partial charge on any atom is 0.237 e. The second kappa shape index (κ2) is 14.5. The number of aryl methyl sites for hydroxylation is 1. The van der Waals surface area contributed by atoms with Crippen LogP contribution < -0.4 is 5.73 Å². The van der Waals surface area contributed by atoms with E-state index in [0.717, 1.165) is 60.2 Å². The van der Waals surface area contributed by atoms with E-state index in [1.807, 2.05) is 38.7 Å². The summed E-state index contributed by atoms with van der Waals surface area (Å²) in [5, 5.41) is -0.540. The lowest BCUT2D eigenvalue weighted by molar-refractivity contribution is -0.134. The summed E-state index contributed by atoms with van der Waals surface area (Å²) in [4.78, 5) is 24.9. The van der Waals surface area contributed by atoms with Gasteiger partial charge in [0, 0.05) is 42.0 Å². The van der Waals surface area contributed by atoms with Gasteiger partial charge in [0.25, 0.3) is 0 Å². The van der Waals surface area contributed by atoms with Crippen LogP contribution in [0.5, 0.6) is 0 Å². The Balaban J connectivity index is 0.00000100. The molecule has 3 aromatic rings. The van der Waals surface area contributed by atoms with Crippen LogP contribution in [-0.4, -0.2) is 39.1 Å². The molecule has 1 amide bonds. The third-order valence-corrected chi connectivity index (χ3v) is 8.85. The summed E-state index contributed by atoms with van der Waals surface area (Å²) < 4.78 is 29.1. The van der Waals surface area contributed by atoms with Crippen LogP contribution >= 0.6 is 11.8 Å². The summed E-state index contributed by atoms with van der Waals surface area (Å²) in [6.07, 6.45) is 10.3. The van der Waals surface area contributed by atoms with Gasteiger partial charge < -0.3 is 10.6 Å². The Morgan fingerprint density at radius 1 is 1.05 bits per heavy atom. The molecule has 1 saturated carbocycles. The topological polar surface area (TPSA) is 72.1 Å². The van der Waals surface area contributed by atoms with Crippen molar-refractivity contribution in [3.8, 4) is 11.3 Å². The highest BCUT2D eigenvalue weighted by Gasteiger charge is 2.42. The zero-order chi connectivity index (χ0) is 28.5. The van der Waals surface area contributed by atoms with Crippen molar-refractivity contribution >= 4 is 17.7 Å². The first-order valence-electron chi connectivity index (χ1n) is 13.8. The third-order valence-electron chi connectivity index (χ3n) is 7.34. The molecule has 2 aliphatic rings. The second-order valence-corrected chi connectivity index (χ2v) is 10.7. The van der Waals surface area contributed by atoms with Crippen molar-refractivity contribution in [2.24, 2.45) is 5.73 Å². The lowest BCUT2D eigenvalue weighted by Gasteiger charge is -2.37. The third kappa shape index (κ3) is 6.84. The fourth-order valence-corrected chi connectivity index (χ4v) is 6.73. The lowest BCUT2D eigenvalue weighted by Crippen LogP contribution is -2.45.